The zero-order chi connectivity index (χ0) is 37.2. The minimum Gasteiger partial charge on any atom is -0.550 e. The van der Waals surface area contributed by atoms with Crippen molar-refractivity contribution in [2.75, 3.05) is 0 Å². The van der Waals surface area contributed by atoms with Crippen LogP contribution in [0.25, 0.3) is 0 Å². The molecular weight excluding hydrogens is 691 g/mol. The first-order valence-corrected chi connectivity index (χ1v) is 9.99. The van der Waals surface area contributed by atoms with Crippen molar-refractivity contribution >= 4 is 88.6 Å². The summed E-state index contributed by atoms with van der Waals surface area (Å²) in [4.78, 5) is 145. The number of hydrogen-bond acceptors (Lipinski definition) is 20. The summed E-state index contributed by atoms with van der Waals surface area (Å²) in [6, 6.07) is 0. The van der Waals surface area contributed by atoms with Crippen molar-refractivity contribution in [3.8, 4) is 0 Å². The van der Waals surface area contributed by atoms with Gasteiger partial charge in [-0.1, -0.05) is 0 Å². The van der Waals surface area contributed by atoms with E-state index >= 15 is 0 Å². The van der Waals surface area contributed by atoms with E-state index in [1.807, 2.05) is 0 Å². The van der Waals surface area contributed by atoms with Crippen LogP contribution in [0.1, 0.15) is 32.1 Å². The molecule has 0 unspecified atom stereocenters. The zero-order valence-corrected chi connectivity index (χ0v) is 23.3. The van der Waals surface area contributed by atoms with Crippen molar-refractivity contribution in [2.45, 2.75) is 32.1 Å². The largest absolute Gasteiger partial charge is 5.00 e. The summed E-state index contributed by atoms with van der Waals surface area (Å²) >= 11 is 0. The number of rotatable bonds is 15. The number of carbonyl (C=O) groups excluding carboxylic acids is 10. The van der Waals surface area contributed by atoms with Gasteiger partial charge >= 0.3 is 48.4 Å². The number of aliphatic carboxylic acids is 10. The Morgan fingerprint density at radius 2 is 0.370 bits per heavy atom. The maximum Gasteiger partial charge on any atom is 5.00 e. The smallest absolute Gasteiger partial charge is 0.550 e. The Morgan fingerprint density at radius 1 is 0.283 bits per heavy atom. The number of ketones is 5. The minimum absolute atomic E-state index is 0. The van der Waals surface area contributed by atoms with Gasteiger partial charge in [-0.2, -0.15) is 0 Å². The first-order valence-electron chi connectivity index (χ1n) is 9.99. The fourth-order valence-corrected chi connectivity index (χ4v) is 1.03. The molecule has 0 rings (SSSR count). The monoisotopic (exact) mass is 706 g/mol. The van der Waals surface area contributed by atoms with Gasteiger partial charge in [-0.3, -0.25) is 24.0 Å². The Balaban J connectivity index is -0.000000108. The van der Waals surface area contributed by atoms with E-state index in [-0.39, 0.29) is 18.6 Å². The minimum atomic E-state index is -1.75. The molecule has 0 bridgehead atoms. The molecule has 0 saturated carbocycles. The van der Waals surface area contributed by atoms with Crippen molar-refractivity contribution in [2.24, 2.45) is 0 Å². The molecule has 0 atom stereocenters. The van der Waals surface area contributed by atoms with Crippen molar-refractivity contribution in [1.29, 1.82) is 0 Å². The molecule has 0 fully saturated rings. The van der Waals surface area contributed by atoms with Crippen LogP contribution in [0.3, 0.4) is 0 Å². The van der Waals surface area contributed by atoms with Crippen LogP contribution < -0.4 is 25.5 Å². The molecule has 25 nitrogen and oxygen atoms in total. The SMILES string of the molecule is O=C([O-])CC(=O)C(=O)O.O=C([O-])CC(=O)C(=O)O.O=C([O-])CC(=O)C(=O)O.O=C([O-])CC(=O)C(=O)O.O=C([O-])CC(=O)C(=O)O.[V+5]. The molecule has 0 aliphatic heterocycles. The molecular formula is C20H15O25V. The summed E-state index contributed by atoms with van der Waals surface area (Å²) in [6.07, 6.45) is -5.30. The summed E-state index contributed by atoms with van der Waals surface area (Å²) < 4.78 is 0. The van der Waals surface area contributed by atoms with Gasteiger partial charge in [0.25, 0.3) is 0 Å². The second-order valence-electron chi connectivity index (χ2n) is 6.39. The van der Waals surface area contributed by atoms with Crippen molar-refractivity contribution in [3.63, 3.8) is 0 Å². The van der Waals surface area contributed by atoms with Gasteiger partial charge in [0.15, 0.2) is 0 Å². The number of hydrogen-bond donors (Lipinski definition) is 5. The van der Waals surface area contributed by atoms with Crippen molar-refractivity contribution in [3.05, 3.63) is 0 Å². The predicted octanol–water partition coefficient (Wildman–Crippen LogP) is -11.1. The second kappa shape index (κ2) is 28.7. The van der Waals surface area contributed by atoms with E-state index < -0.39 is 121 Å². The normalized spacial score (nSPS) is 8.26. The van der Waals surface area contributed by atoms with E-state index in [9.17, 15) is 97.5 Å². The average Bonchev–Trinajstić information content (AvgIpc) is 2.83. The van der Waals surface area contributed by atoms with E-state index in [1.54, 1.807) is 0 Å². The Kier molecular flexibility index (Phi) is 32.7. The van der Waals surface area contributed by atoms with Crippen LogP contribution >= 0.6 is 0 Å². The van der Waals surface area contributed by atoms with Crippen LogP contribution in [0.4, 0.5) is 0 Å². The van der Waals surface area contributed by atoms with Gasteiger partial charge in [0.2, 0.25) is 28.9 Å². The van der Waals surface area contributed by atoms with Gasteiger partial charge in [0, 0.05) is 29.8 Å². The summed E-state index contributed by atoms with van der Waals surface area (Å²) in [7, 11) is 0. The van der Waals surface area contributed by atoms with Gasteiger partial charge in [0.05, 0.1) is 32.1 Å². The Bertz CT molecular complexity index is 1020. The first kappa shape index (κ1) is 52.3. The van der Waals surface area contributed by atoms with E-state index in [0.29, 0.717) is 0 Å². The molecule has 0 aromatic rings. The van der Waals surface area contributed by atoms with Gasteiger partial charge in [-0.25, -0.2) is 24.0 Å². The molecule has 0 aromatic heterocycles. The molecule has 0 aliphatic rings. The Morgan fingerprint density at radius 3 is 0.391 bits per heavy atom. The molecule has 0 aromatic carbocycles. The second-order valence-corrected chi connectivity index (χ2v) is 6.39. The first-order chi connectivity index (χ1) is 20.2. The third kappa shape index (κ3) is 44.6. The Labute approximate surface area is 262 Å². The summed E-state index contributed by atoms with van der Waals surface area (Å²) in [5.74, 6) is -24.0. The van der Waals surface area contributed by atoms with Crippen LogP contribution in [0, 0.1) is 0 Å². The predicted molar refractivity (Wildman–Crippen MR) is 111 cm³/mol. The topological polar surface area (TPSA) is 472 Å². The summed E-state index contributed by atoms with van der Waals surface area (Å²) in [5.41, 5.74) is 0. The van der Waals surface area contributed by atoms with Crippen molar-refractivity contribution in [1.82, 2.24) is 0 Å². The zero-order valence-electron chi connectivity index (χ0n) is 21.9. The molecule has 5 N–H and O–H groups in total. The Hall–Kier alpha value is -6.37. The van der Waals surface area contributed by atoms with Crippen molar-refractivity contribution < 1.29 is 142 Å². The van der Waals surface area contributed by atoms with Gasteiger partial charge in [-0.05, 0) is 0 Å². The molecule has 0 amide bonds. The van der Waals surface area contributed by atoms with Gasteiger partial charge in [-0.15, -0.1) is 0 Å². The number of Topliss-reactive ketones (excluding diaryl/α,β-unsaturated/α-hetero) is 5. The molecule has 0 spiro atoms. The van der Waals surface area contributed by atoms with E-state index in [2.05, 4.69) is 0 Å². The number of carbonyl (C=O) groups is 15. The van der Waals surface area contributed by atoms with Crippen LogP contribution in [0.2, 0.25) is 0 Å². The molecule has 250 valence electrons. The van der Waals surface area contributed by atoms with Gasteiger partial charge in [0.1, 0.15) is 0 Å². The molecule has 0 radical (unpaired) electrons. The maximum absolute atomic E-state index is 9.93. The molecule has 26 heteroatoms. The van der Waals surface area contributed by atoms with Gasteiger partial charge < -0.3 is 75.0 Å². The maximum atomic E-state index is 9.93. The van der Waals surface area contributed by atoms with Crippen LogP contribution in [-0.2, 0) is 90.5 Å². The number of carboxylic acids is 10. The molecule has 0 aliphatic carbocycles. The van der Waals surface area contributed by atoms with Crippen LogP contribution in [0.5, 0.6) is 0 Å². The molecule has 0 saturated heterocycles. The van der Waals surface area contributed by atoms with E-state index in [1.165, 1.54) is 0 Å². The third-order valence-electron chi connectivity index (χ3n) is 2.72. The van der Waals surface area contributed by atoms with Crippen LogP contribution in [-0.4, -0.2) is 114 Å². The number of carboxylic acid groups (broad SMARTS) is 10. The molecule has 46 heavy (non-hydrogen) atoms. The molecule has 0 heterocycles. The van der Waals surface area contributed by atoms with E-state index in [4.69, 9.17) is 25.5 Å². The fourth-order valence-electron chi connectivity index (χ4n) is 1.03. The quantitative estimate of drug-likeness (QED) is 0.0779. The summed E-state index contributed by atoms with van der Waals surface area (Å²) in [5, 5.41) is 86.5. The third-order valence-corrected chi connectivity index (χ3v) is 2.72. The average molecular weight is 706 g/mol. The summed E-state index contributed by atoms with van der Waals surface area (Å²) in [6.45, 7) is 0. The van der Waals surface area contributed by atoms with E-state index in [0.717, 1.165) is 0 Å². The fraction of sp³-hybridized carbons (Fsp3) is 0.250. The standard InChI is InChI=1S/5C4H4O5.V/c5*5-2(4(8)9)1-3(6)7;/h5*1H2,(H,6,7)(H,8,9);/q;;;;;+5/p-5. The van der Waals surface area contributed by atoms with Crippen LogP contribution in [0.15, 0.2) is 0 Å².